The number of hydrogen-bond acceptors (Lipinski definition) is 2. The molecule has 0 aliphatic carbocycles. The summed E-state index contributed by atoms with van der Waals surface area (Å²) < 4.78 is 1.71. The van der Waals surface area contributed by atoms with Crippen LogP contribution in [0.2, 0.25) is 0 Å². The van der Waals surface area contributed by atoms with E-state index in [-0.39, 0.29) is 17.3 Å². The highest BCUT2D eigenvalue weighted by Crippen LogP contribution is 2.29. The van der Waals surface area contributed by atoms with Crippen LogP contribution in [-0.2, 0) is 7.05 Å². The van der Waals surface area contributed by atoms with Crippen molar-refractivity contribution in [2.24, 2.45) is 7.05 Å². The smallest absolute Gasteiger partial charge is 0.337 e. The highest BCUT2D eigenvalue weighted by molar-refractivity contribution is 6.12. The maximum atomic E-state index is 11.7. The first-order valence-corrected chi connectivity index (χ1v) is 6.20. The van der Waals surface area contributed by atoms with Gasteiger partial charge < -0.3 is 9.67 Å². The molecule has 100 valence electrons. The molecule has 0 aliphatic rings. The van der Waals surface area contributed by atoms with Crippen molar-refractivity contribution in [1.82, 2.24) is 4.57 Å². The molecule has 1 N–H and O–H groups in total. The van der Waals surface area contributed by atoms with Crippen molar-refractivity contribution in [2.45, 2.75) is 26.7 Å². The Morgan fingerprint density at radius 3 is 2.32 bits per heavy atom. The van der Waals surface area contributed by atoms with Gasteiger partial charge in [-0.2, -0.15) is 0 Å². The fourth-order valence-electron chi connectivity index (χ4n) is 2.35. The van der Waals surface area contributed by atoms with Crippen LogP contribution >= 0.6 is 0 Å². The van der Waals surface area contributed by atoms with Crippen molar-refractivity contribution in [3.05, 3.63) is 35.0 Å². The third-order valence-corrected chi connectivity index (χ3v) is 3.37. The summed E-state index contributed by atoms with van der Waals surface area (Å²) in [6.07, 6.45) is 1.70. The number of carboxylic acid groups (broad SMARTS) is 1. The normalized spacial score (nSPS) is 11.2. The van der Waals surface area contributed by atoms with Gasteiger partial charge in [0.05, 0.1) is 11.1 Å². The molecule has 0 unspecified atom stereocenters. The molecule has 0 saturated carbocycles. The van der Waals surface area contributed by atoms with E-state index < -0.39 is 5.97 Å². The summed E-state index contributed by atoms with van der Waals surface area (Å²) in [7, 11) is 1.76. The summed E-state index contributed by atoms with van der Waals surface area (Å²) in [4.78, 5) is 23.1. The quantitative estimate of drug-likeness (QED) is 0.861. The van der Waals surface area contributed by atoms with Crippen molar-refractivity contribution in [1.29, 1.82) is 0 Å². The zero-order valence-electron chi connectivity index (χ0n) is 11.5. The number of aromatic carboxylic acids is 1. The van der Waals surface area contributed by atoms with Gasteiger partial charge in [0.15, 0.2) is 5.78 Å². The fraction of sp³-hybridized carbons (Fsp3) is 0.333. The lowest BCUT2D eigenvalue weighted by molar-refractivity contribution is 0.0698. The summed E-state index contributed by atoms with van der Waals surface area (Å²) >= 11 is 0. The Labute approximate surface area is 111 Å². The zero-order valence-corrected chi connectivity index (χ0v) is 11.5. The fourth-order valence-corrected chi connectivity index (χ4v) is 2.35. The Hall–Kier alpha value is -2.10. The van der Waals surface area contributed by atoms with Crippen LogP contribution in [-0.4, -0.2) is 21.4 Å². The van der Waals surface area contributed by atoms with E-state index in [4.69, 9.17) is 0 Å². The third kappa shape index (κ3) is 2.14. The van der Waals surface area contributed by atoms with Crippen LogP contribution < -0.4 is 0 Å². The zero-order chi connectivity index (χ0) is 14.3. The average molecular weight is 259 g/mol. The largest absolute Gasteiger partial charge is 0.478 e. The lowest BCUT2D eigenvalue weighted by Crippen LogP contribution is -2.03. The number of aryl methyl sites for hydroxylation is 1. The predicted octanol–water partition coefficient (Wildman–Crippen LogP) is 3.20. The Morgan fingerprint density at radius 2 is 1.84 bits per heavy atom. The molecule has 2 rings (SSSR count). The lowest BCUT2D eigenvalue weighted by atomic mass is 9.96. The van der Waals surface area contributed by atoms with E-state index in [0.29, 0.717) is 11.1 Å². The van der Waals surface area contributed by atoms with Gasteiger partial charge in [0.2, 0.25) is 0 Å². The van der Waals surface area contributed by atoms with Gasteiger partial charge in [0.1, 0.15) is 0 Å². The Kier molecular flexibility index (Phi) is 3.18. The van der Waals surface area contributed by atoms with E-state index >= 15 is 0 Å². The Morgan fingerprint density at radius 1 is 1.21 bits per heavy atom. The van der Waals surface area contributed by atoms with Gasteiger partial charge in [-0.1, -0.05) is 13.8 Å². The van der Waals surface area contributed by atoms with Gasteiger partial charge in [0, 0.05) is 24.2 Å². The van der Waals surface area contributed by atoms with Crippen molar-refractivity contribution in [3.8, 4) is 0 Å². The lowest BCUT2D eigenvalue weighted by Gasteiger charge is -2.09. The van der Waals surface area contributed by atoms with Crippen LogP contribution in [0, 0.1) is 0 Å². The summed E-state index contributed by atoms with van der Waals surface area (Å²) in [5.41, 5.74) is 2.35. The molecule has 1 heterocycles. The molecular formula is C15H17NO3. The molecular weight excluding hydrogens is 242 g/mol. The number of fused-ring (bicyclic) bond motifs is 1. The second-order valence-corrected chi connectivity index (χ2v) is 5.13. The van der Waals surface area contributed by atoms with E-state index in [2.05, 4.69) is 0 Å². The number of Topliss-reactive ketones (excluding diaryl/α,β-unsaturated/α-hetero) is 1. The molecule has 1 aromatic carbocycles. The van der Waals surface area contributed by atoms with Gasteiger partial charge in [-0.3, -0.25) is 4.79 Å². The molecule has 1 aromatic heterocycles. The van der Waals surface area contributed by atoms with Crippen LogP contribution in [0.5, 0.6) is 0 Å². The molecule has 2 aromatic rings. The first-order chi connectivity index (χ1) is 8.82. The molecule has 0 bridgehead atoms. The van der Waals surface area contributed by atoms with E-state index in [1.54, 1.807) is 23.9 Å². The minimum Gasteiger partial charge on any atom is -0.478 e. The highest BCUT2D eigenvalue weighted by atomic mass is 16.4. The standard InChI is InChI=1S/C15H17NO3/c1-8(2)10-5-11-13(9(3)17)7-16(4)14(11)12(6-10)15(18)19/h5-8H,1-4H3,(H,18,19). The minimum atomic E-state index is -0.969. The van der Waals surface area contributed by atoms with Gasteiger partial charge in [-0.15, -0.1) is 0 Å². The number of carbonyl (C=O) groups is 2. The van der Waals surface area contributed by atoms with E-state index in [1.165, 1.54) is 6.92 Å². The molecule has 4 heteroatoms. The number of rotatable bonds is 3. The average Bonchev–Trinajstić information content (AvgIpc) is 2.65. The first-order valence-electron chi connectivity index (χ1n) is 6.20. The van der Waals surface area contributed by atoms with Crippen molar-refractivity contribution in [2.75, 3.05) is 0 Å². The molecule has 19 heavy (non-hydrogen) atoms. The number of hydrogen-bond donors (Lipinski definition) is 1. The molecule has 0 amide bonds. The molecule has 4 nitrogen and oxygen atoms in total. The van der Waals surface area contributed by atoms with E-state index in [9.17, 15) is 14.7 Å². The molecule has 0 saturated heterocycles. The van der Waals surface area contributed by atoms with Gasteiger partial charge in [-0.25, -0.2) is 4.79 Å². The van der Waals surface area contributed by atoms with Crippen molar-refractivity contribution >= 4 is 22.7 Å². The minimum absolute atomic E-state index is 0.0529. The van der Waals surface area contributed by atoms with Gasteiger partial charge in [0.25, 0.3) is 0 Å². The van der Waals surface area contributed by atoms with Crippen molar-refractivity contribution in [3.63, 3.8) is 0 Å². The van der Waals surface area contributed by atoms with Crippen LogP contribution in [0.25, 0.3) is 10.9 Å². The first kappa shape index (κ1) is 13.3. The van der Waals surface area contributed by atoms with Crippen LogP contribution in [0.3, 0.4) is 0 Å². The number of carboxylic acids is 1. The SMILES string of the molecule is CC(=O)c1cn(C)c2c(C(=O)O)cc(C(C)C)cc12. The highest BCUT2D eigenvalue weighted by Gasteiger charge is 2.19. The number of nitrogens with zero attached hydrogens (tertiary/aromatic N) is 1. The molecule has 0 atom stereocenters. The number of ketones is 1. The van der Waals surface area contributed by atoms with Crippen molar-refractivity contribution < 1.29 is 14.7 Å². The Bertz CT molecular complexity index is 680. The summed E-state index contributed by atoms with van der Waals surface area (Å²) in [6.45, 7) is 5.50. The number of benzene rings is 1. The Balaban J connectivity index is 2.92. The molecule has 0 aliphatic heterocycles. The summed E-state index contributed by atoms with van der Waals surface area (Å²) in [5, 5.41) is 10.1. The number of carbonyl (C=O) groups excluding carboxylic acids is 1. The second kappa shape index (κ2) is 4.53. The van der Waals surface area contributed by atoms with Gasteiger partial charge >= 0.3 is 5.97 Å². The van der Waals surface area contributed by atoms with Crippen LogP contribution in [0.15, 0.2) is 18.3 Å². The third-order valence-electron chi connectivity index (χ3n) is 3.37. The van der Waals surface area contributed by atoms with E-state index in [0.717, 1.165) is 10.9 Å². The second-order valence-electron chi connectivity index (χ2n) is 5.13. The van der Waals surface area contributed by atoms with Crippen LogP contribution in [0.4, 0.5) is 0 Å². The topological polar surface area (TPSA) is 59.3 Å². The summed E-state index contributed by atoms with van der Waals surface area (Å²) in [6, 6.07) is 3.61. The number of aromatic nitrogens is 1. The van der Waals surface area contributed by atoms with Crippen LogP contribution in [0.1, 0.15) is 53.0 Å². The molecule has 0 fully saturated rings. The predicted molar refractivity (Wildman–Crippen MR) is 74.0 cm³/mol. The van der Waals surface area contributed by atoms with E-state index in [1.807, 2.05) is 19.9 Å². The monoisotopic (exact) mass is 259 g/mol. The molecule has 0 radical (unpaired) electrons. The molecule has 0 spiro atoms. The maximum absolute atomic E-state index is 11.7. The van der Waals surface area contributed by atoms with Gasteiger partial charge in [-0.05, 0) is 30.5 Å². The summed E-state index contributed by atoms with van der Waals surface area (Å²) in [5.74, 6) is -0.811. The maximum Gasteiger partial charge on any atom is 0.337 e.